The van der Waals surface area contributed by atoms with E-state index in [4.69, 9.17) is 4.74 Å². The number of rotatable bonds is 4. The Kier molecular flexibility index (Phi) is 5.08. The van der Waals surface area contributed by atoms with Gasteiger partial charge in [0.15, 0.2) is 6.10 Å². The Balaban J connectivity index is 3.21. The van der Waals surface area contributed by atoms with Crippen LogP contribution in [0.2, 0.25) is 0 Å². The van der Waals surface area contributed by atoms with Gasteiger partial charge in [-0.3, -0.25) is 0 Å². The second-order valence-electron chi connectivity index (χ2n) is 5.80. The summed E-state index contributed by atoms with van der Waals surface area (Å²) in [5.41, 5.74) is 0.128. The van der Waals surface area contributed by atoms with Gasteiger partial charge in [-0.05, 0) is 35.1 Å². The van der Waals surface area contributed by atoms with Gasteiger partial charge < -0.3 is 9.84 Å². The van der Waals surface area contributed by atoms with Crippen molar-refractivity contribution < 1.29 is 23.0 Å². The number of hydrogen-bond donors (Lipinski definition) is 1. The number of aliphatic hydroxyl groups is 1. The van der Waals surface area contributed by atoms with E-state index in [0.29, 0.717) is 17.9 Å². The summed E-state index contributed by atoms with van der Waals surface area (Å²) in [5, 5.41) is 9.35. The third-order valence-electron chi connectivity index (χ3n) is 2.90. The van der Waals surface area contributed by atoms with Crippen molar-refractivity contribution in [2.24, 2.45) is 0 Å². The molecule has 0 spiro atoms. The molecular weight excluding hydrogens is 269 g/mol. The normalized spacial score (nSPS) is 14.2. The second kappa shape index (κ2) is 6.04. The summed E-state index contributed by atoms with van der Waals surface area (Å²) < 4.78 is 43.3. The third-order valence-corrected chi connectivity index (χ3v) is 2.90. The zero-order chi connectivity index (χ0) is 15.6. The molecule has 1 N–H and O–H groups in total. The van der Waals surface area contributed by atoms with Crippen LogP contribution in [0.5, 0.6) is 5.75 Å². The lowest BCUT2D eigenvalue weighted by atomic mass is 9.84. The maximum Gasteiger partial charge on any atom is 0.418 e. The number of aliphatic hydroxyl groups excluding tert-OH is 1. The van der Waals surface area contributed by atoms with Crippen molar-refractivity contribution in [3.05, 3.63) is 29.3 Å². The molecule has 0 saturated carbocycles. The monoisotopic (exact) mass is 290 g/mol. The van der Waals surface area contributed by atoms with E-state index in [1.807, 2.05) is 27.7 Å². The molecule has 0 amide bonds. The predicted molar refractivity (Wildman–Crippen MR) is 71.9 cm³/mol. The zero-order valence-electron chi connectivity index (χ0n) is 12.2. The molecule has 0 fully saturated rings. The summed E-state index contributed by atoms with van der Waals surface area (Å²) in [7, 11) is 0. The van der Waals surface area contributed by atoms with Crippen LogP contribution in [0.15, 0.2) is 18.2 Å². The average Bonchev–Trinajstić information content (AvgIpc) is 2.33. The van der Waals surface area contributed by atoms with Crippen molar-refractivity contribution in [1.29, 1.82) is 0 Å². The van der Waals surface area contributed by atoms with Crippen LogP contribution in [0.1, 0.15) is 51.3 Å². The molecule has 20 heavy (non-hydrogen) atoms. The maximum absolute atomic E-state index is 12.6. The van der Waals surface area contributed by atoms with Gasteiger partial charge in [-0.2, -0.15) is 13.2 Å². The lowest BCUT2D eigenvalue weighted by molar-refractivity contribution is -0.206. The van der Waals surface area contributed by atoms with Gasteiger partial charge in [0.2, 0.25) is 0 Å². The summed E-state index contributed by atoms with van der Waals surface area (Å²) in [6.07, 6.45) is -6.32. The highest BCUT2D eigenvalue weighted by molar-refractivity contribution is 5.42. The fraction of sp³-hybridized carbons (Fsp3) is 0.600. The van der Waals surface area contributed by atoms with E-state index in [1.165, 1.54) is 18.2 Å². The highest BCUT2D eigenvalue weighted by atomic mass is 19.4. The molecule has 0 saturated heterocycles. The van der Waals surface area contributed by atoms with Gasteiger partial charge >= 0.3 is 6.18 Å². The van der Waals surface area contributed by atoms with E-state index in [9.17, 15) is 18.3 Å². The van der Waals surface area contributed by atoms with Crippen LogP contribution in [-0.4, -0.2) is 17.9 Å². The molecule has 1 aromatic rings. The minimum Gasteiger partial charge on any atom is -0.493 e. The van der Waals surface area contributed by atoms with Gasteiger partial charge in [-0.15, -0.1) is 0 Å². The van der Waals surface area contributed by atoms with E-state index in [2.05, 4.69) is 0 Å². The Morgan fingerprint density at radius 1 is 1.20 bits per heavy atom. The molecule has 1 rings (SSSR count). The number of halogens is 3. The van der Waals surface area contributed by atoms with E-state index in [1.54, 1.807) is 0 Å². The summed E-state index contributed by atoms with van der Waals surface area (Å²) in [6, 6.07) is 4.14. The van der Waals surface area contributed by atoms with Crippen molar-refractivity contribution in [2.45, 2.75) is 51.8 Å². The zero-order valence-corrected chi connectivity index (χ0v) is 12.2. The minimum absolute atomic E-state index is 0.161. The Hall–Kier alpha value is -1.23. The van der Waals surface area contributed by atoms with E-state index >= 15 is 0 Å². The van der Waals surface area contributed by atoms with Crippen molar-refractivity contribution >= 4 is 0 Å². The van der Waals surface area contributed by atoms with Gasteiger partial charge in [-0.1, -0.05) is 33.8 Å². The topological polar surface area (TPSA) is 29.5 Å². The average molecular weight is 290 g/mol. The van der Waals surface area contributed by atoms with E-state index < -0.39 is 12.3 Å². The van der Waals surface area contributed by atoms with Crippen LogP contribution < -0.4 is 4.74 Å². The van der Waals surface area contributed by atoms with Crippen LogP contribution >= 0.6 is 0 Å². The fourth-order valence-corrected chi connectivity index (χ4v) is 1.83. The molecule has 0 bridgehead atoms. The van der Waals surface area contributed by atoms with Gasteiger partial charge in [-0.25, -0.2) is 0 Å². The molecule has 0 aliphatic heterocycles. The Bertz CT molecular complexity index is 447. The molecule has 1 aromatic carbocycles. The van der Waals surface area contributed by atoms with Gasteiger partial charge in [0.25, 0.3) is 0 Å². The molecule has 2 nitrogen and oxygen atoms in total. The maximum atomic E-state index is 12.6. The van der Waals surface area contributed by atoms with Crippen LogP contribution in [0.4, 0.5) is 13.2 Å². The molecule has 114 valence electrons. The van der Waals surface area contributed by atoms with Crippen LogP contribution in [0.25, 0.3) is 0 Å². The lowest BCUT2D eigenvalue weighted by Crippen LogP contribution is -2.21. The summed E-state index contributed by atoms with van der Waals surface area (Å²) in [5.74, 6) is 0.567. The quantitative estimate of drug-likeness (QED) is 0.892. The Morgan fingerprint density at radius 3 is 2.25 bits per heavy atom. The molecule has 0 aromatic heterocycles. The number of hydrogen-bond acceptors (Lipinski definition) is 2. The summed E-state index contributed by atoms with van der Waals surface area (Å²) in [6.45, 7) is 8.14. The van der Waals surface area contributed by atoms with Crippen molar-refractivity contribution in [3.8, 4) is 5.75 Å². The second-order valence-corrected chi connectivity index (χ2v) is 5.80. The van der Waals surface area contributed by atoms with E-state index in [0.717, 1.165) is 6.42 Å². The molecule has 5 heteroatoms. The van der Waals surface area contributed by atoms with Crippen molar-refractivity contribution in [3.63, 3.8) is 0 Å². The van der Waals surface area contributed by atoms with Gasteiger partial charge in [0.05, 0.1) is 6.61 Å². The smallest absolute Gasteiger partial charge is 0.418 e. The van der Waals surface area contributed by atoms with Crippen LogP contribution in [0, 0.1) is 0 Å². The highest BCUT2D eigenvalue weighted by Crippen LogP contribution is 2.38. The standard InChI is InChI=1S/C15H21F3O2/c1-5-8-20-12-7-6-10(13(19)15(16,17)18)9-11(12)14(2,3)4/h6-7,9,13,19H,5,8H2,1-4H3. The molecule has 0 aliphatic carbocycles. The predicted octanol–water partition coefficient (Wildman–Crippen LogP) is 4.37. The molecule has 1 unspecified atom stereocenters. The first-order valence-electron chi connectivity index (χ1n) is 6.59. The number of alkyl halides is 3. The lowest BCUT2D eigenvalue weighted by Gasteiger charge is -2.25. The van der Waals surface area contributed by atoms with Crippen LogP contribution in [0.3, 0.4) is 0 Å². The van der Waals surface area contributed by atoms with Gasteiger partial charge in [0, 0.05) is 0 Å². The summed E-state index contributed by atoms with van der Waals surface area (Å²) >= 11 is 0. The number of benzene rings is 1. The summed E-state index contributed by atoms with van der Waals surface area (Å²) in [4.78, 5) is 0. The van der Waals surface area contributed by atoms with Crippen LogP contribution in [-0.2, 0) is 5.41 Å². The molecule has 1 atom stereocenters. The highest BCUT2D eigenvalue weighted by Gasteiger charge is 2.39. The third kappa shape index (κ3) is 4.13. The largest absolute Gasteiger partial charge is 0.493 e. The van der Waals surface area contributed by atoms with Gasteiger partial charge in [0.1, 0.15) is 5.75 Å². The fourth-order valence-electron chi connectivity index (χ4n) is 1.83. The van der Waals surface area contributed by atoms with Crippen molar-refractivity contribution in [1.82, 2.24) is 0 Å². The SMILES string of the molecule is CCCOc1ccc(C(O)C(F)(F)F)cc1C(C)(C)C. The molecular formula is C15H21F3O2. The molecule has 0 heterocycles. The Morgan fingerprint density at radius 2 is 1.80 bits per heavy atom. The first kappa shape index (κ1) is 16.8. The first-order chi connectivity index (χ1) is 9.07. The first-order valence-corrected chi connectivity index (χ1v) is 6.59. The Labute approximate surface area is 117 Å². The molecule has 0 aliphatic rings. The minimum atomic E-state index is -4.67. The van der Waals surface area contributed by atoms with Crippen molar-refractivity contribution in [2.75, 3.05) is 6.61 Å². The number of ether oxygens (including phenoxy) is 1. The molecule has 0 radical (unpaired) electrons. The van der Waals surface area contributed by atoms with E-state index in [-0.39, 0.29) is 11.0 Å².